The van der Waals surface area contributed by atoms with Gasteiger partial charge in [0.1, 0.15) is 0 Å². The van der Waals surface area contributed by atoms with Crippen molar-refractivity contribution in [2.45, 2.75) is 19.4 Å². The van der Waals surface area contributed by atoms with Gasteiger partial charge in [-0.15, -0.1) is 0 Å². The lowest BCUT2D eigenvalue weighted by atomic mass is 9.91. The van der Waals surface area contributed by atoms with E-state index in [1.165, 1.54) is 21.8 Å². The Kier molecular flexibility index (Phi) is 5.73. The molecular formula is C29H25N3O. The quantitative estimate of drug-likeness (QED) is 0.256. The highest BCUT2D eigenvalue weighted by atomic mass is 16.2. The van der Waals surface area contributed by atoms with Gasteiger partial charge < -0.3 is 4.57 Å². The Morgan fingerprint density at radius 2 is 1.42 bits per heavy atom. The van der Waals surface area contributed by atoms with Crippen LogP contribution >= 0.6 is 0 Å². The molecule has 4 heteroatoms. The number of aryl methyl sites for hydroxylation is 1. The number of carbonyl (C=O) groups excluding carboxylic acids is 1. The summed E-state index contributed by atoms with van der Waals surface area (Å²) in [7, 11) is 0. The molecule has 0 radical (unpaired) electrons. The SMILES string of the molecule is CCn1c2ccccc2c2cc(C=NNC(=O)C(c3ccccc3)c3ccccc3)ccc21. The van der Waals surface area contributed by atoms with Gasteiger partial charge in [-0.1, -0.05) is 84.9 Å². The fourth-order valence-electron chi connectivity index (χ4n) is 4.51. The first-order chi connectivity index (χ1) is 16.3. The molecule has 0 saturated carbocycles. The van der Waals surface area contributed by atoms with Crippen molar-refractivity contribution >= 4 is 33.9 Å². The summed E-state index contributed by atoms with van der Waals surface area (Å²) >= 11 is 0. The second kappa shape index (κ2) is 9.13. The highest BCUT2D eigenvalue weighted by Gasteiger charge is 2.22. The molecule has 5 aromatic rings. The molecule has 0 aliphatic carbocycles. The molecule has 1 N–H and O–H groups in total. The molecule has 33 heavy (non-hydrogen) atoms. The van der Waals surface area contributed by atoms with Crippen LogP contribution in [0.2, 0.25) is 0 Å². The van der Waals surface area contributed by atoms with Crippen LogP contribution in [0.25, 0.3) is 21.8 Å². The second-order valence-electron chi connectivity index (χ2n) is 8.03. The molecule has 0 bridgehead atoms. The fraction of sp³-hybridized carbons (Fsp3) is 0.103. The summed E-state index contributed by atoms with van der Waals surface area (Å²) in [4.78, 5) is 13.1. The third-order valence-corrected chi connectivity index (χ3v) is 6.03. The van der Waals surface area contributed by atoms with Gasteiger partial charge in [0, 0.05) is 28.4 Å². The molecule has 5 rings (SSSR count). The molecule has 0 aliphatic rings. The van der Waals surface area contributed by atoms with E-state index in [0.29, 0.717) is 0 Å². The van der Waals surface area contributed by atoms with Crippen LogP contribution in [-0.2, 0) is 11.3 Å². The minimum absolute atomic E-state index is 0.160. The molecule has 0 spiro atoms. The maximum atomic E-state index is 13.1. The number of carbonyl (C=O) groups is 1. The third-order valence-electron chi connectivity index (χ3n) is 6.03. The van der Waals surface area contributed by atoms with E-state index in [-0.39, 0.29) is 5.91 Å². The van der Waals surface area contributed by atoms with Crippen LogP contribution in [0.5, 0.6) is 0 Å². The molecule has 0 saturated heterocycles. The maximum Gasteiger partial charge on any atom is 0.252 e. The maximum absolute atomic E-state index is 13.1. The summed E-state index contributed by atoms with van der Waals surface area (Å²) in [6, 6.07) is 34.3. The van der Waals surface area contributed by atoms with Crippen molar-refractivity contribution in [3.63, 3.8) is 0 Å². The number of aromatic nitrogens is 1. The van der Waals surface area contributed by atoms with Gasteiger partial charge >= 0.3 is 0 Å². The van der Waals surface area contributed by atoms with Crippen molar-refractivity contribution in [1.82, 2.24) is 9.99 Å². The van der Waals surface area contributed by atoms with E-state index in [1.54, 1.807) is 6.21 Å². The normalized spacial score (nSPS) is 11.6. The van der Waals surface area contributed by atoms with Crippen LogP contribution in [0.1, 0.15) is 29.5 Å². The lowest BCUT2D eigenvalue weighted by molar-refractivity contribution is -0.121. The summed E-state index contributed by atoms with van der Waals surface area (Å²) < 4.78 is 2.32. The second-order valence-corrected chi connectivity index (χ2v) is 8.03. The largest absolute Gasteiger partial charge is 0.341 e. The Morgan fingerprint density at radius 3 is 2.09 bits per heavy atom. The number of benzene rings is 4. The van der Waals surface area contributed by atoms with Gasteiger partial charge in [0.2, 0.25) is 0 Å². The van der Waals surface area contributed by atoms with Gasteiger partial charge in [0.25, 0.3) is 5.91 Å². The van der Waals surface area contributed by atoms with Gasteiger partial charge in [0.15, 0.2) is 0 Å². The Balaban J connectivity index is 1.42. The number of amides is 1. The molecular weight excluding hydrogens is 406 g/mol. The van der Waals surface area contributed by atoms with Crippen LogP contribution < -0.4 is 5.43 Å². The van der Waals surface area contributed by atoms with E-state index >= 15 is 0 Å². The molecule has 162 valence electrons. The predicted octanol–water partition coefficient (Wildman–Crippen LogP) is 6.10. The number of nitrogens with zero attached hydrogens (tertiary/aromatic N) is 2. The number of hydrazone groups is 1. The fourth-order valence-corrected chi connectivity index (χ4v) is 4.51. The van der Waals surface area contributed by atoms with Gasteiger partial charge in [-0.3, -0.25) is 4.79 Å². The van der Waals surface area contributed by atoms with Crippen LogP contribution in [0, 0.1) is 0 Å². The van der Waals surface area contributed by atoms with Crippen molar-refractivity contribution in [3.05, 3.63) is 120 Å². The van der Waals surface area contributed by atoms with Crippen molar-refractivity contribution in [3.8, 4) is 0 Å². The molecule has 4 nitrogen and oxygen atoms in total. The van der Waals surface area contributed by atoms with E-state index < -0.39 is 5.92 Å². The molecule has 0 unspecified atom stereocenters. The molecule has 0 aliphatic heterocycles. The lowest BCUT2D eigenvalue weighted by Gasteiger charge is -2.16. The smallest absolute Gasteiger partial charge is 0.252 e. The number of rotatable bonds is 6. The molecule has 4 aromatic carbocycles. The number of nitrogens with one attached hydrogen (secondary N) is 1. The van der Waals surface area contributed by atoms with Gasteiger partial charge in [-0.2, -0.15) is 5.10 Å². The predicted molar refractivity (Wildman–Crippen MR) is 136 cm³/mol. The summed E-state index contributed by atoms with van der Waals surface area (Å²) in [5.74, 6) is -0.582. The highest BCUT2D eigenvalue weighted by molar-refractivity contribution is 6.09. The molecule has 1 amide bonds. The topological polar surface area (TPSA) is 46.4 Å². The van der Waals surface area contributed by atoms with Crippen molar-refractivity contribution in [2.24, 2.45) is 5.10 Å². The van der Waals surface area contributed by atoms with E-state index in [1.807, 2.05) is 66.7 Å². The number of fused-ring (bicyclic) bond motifs is 3. The van der Waals surface area contributed by atoms with E-state index in [2.05, 4.69) is 58.4 Å². The lowest BCUT2D eigenvalue weighted by Crippen LogP contribution is -2.26. The summed E-state index contributed by atoms with van der Waals surface area (Å²) in [6.07, 6.45) is 1.71. The molecule has 1 aromatic heterocycles. The van der Waals surface area contributed by atoms with Crippen LogP contribution in [-0.4, -0.2) is 16.7 Å². The number of para-hydroxylation sites is 1. The number of hydrogen-bond acceptors (Lipinski definition) is 2. The van der Waals surface area contributed by atoms with Gasteiger partial charge in [-0.05, 0) is 41.8 Å². The van der Waals surface area contributed by atoms with Crippen LogP contribution in [0.3, 0.4) is 0 Å². The van der Waals surface area contributed by atoms with Gasteiger partial charge in [0.05, 0.1) is 12.1 Å². The molecule has 0 fully saturated rings. The summed E-state index contributed by atoms with van der Waals surface area (Å²) in [5, 5.41) is 6.71. The van der Waals surface area contributed by atoms with E-state index in [0.717, 1.165) is 23.2 Å². The zero-order valence-corrected chi connectivity index (χ0v) is 18.5. The van der Waals surface area contributed by atoms with Gasteiger partial charge in [-0.25, -0.2) is 5.43 Å². The van der Waals surface area contributed by atoms with E-state index in [9.17, 15) is 4.79 Å². The third kappa shape index (κ3) is 4.03. The summed E-state index contributed by atoms with van der Waals surface area (Å²) in [6.45, 7) is 3.07. The van der Waals surface area contributed by atoms with Crippen LogP contribution in [0.15, 0.2) is 108 Å². The zero-order chi connectivity index (χ0) is 22.6. The van der Waals surface area contributed by atoms with Crippen molar-refractivity contribution in [2.75, 3.05) is 0 Å². The average molecular weight is 432 g/mol. The Bertz CT molecular complexity index is 1400. The Morgan fingerprint density at radius 1 is 0.818 bits per heavy atom. The molecule has 1 heterocycles. The monoisotopic (exact) mass is 431 g/mol. The average Bonchev–Trinajstić information content (AvgIpc) is 3.18. The minimum Gasteiger partial charge on any atom is -0.341 e. The first-order valence-electron chi connectivity index (χ1n) is 11.2. The summed E-state index contributed by atoms with van der Waals surface area (Å²) in [5.41, 5.74) is 8.00. The Labute approximate surface area is 193 Å². The van der Waals surface area contributed by atoms with E-state index in [4.69, 9.17) is 0 Å². The first kappa shape index (κ1) is 20.7. The number of hydrogen-bond donors (Lipinski definition) is 1. The van der Waals surface area contributed by atoms with Crippen LogP contribution in [0.4, 0.5) is 0 Å². The van der Waals surface area contributed by atoms with Crippen molar-refractivity contribution in [1.29, 1.82) is 0 Å². The first-order valence-corrected chi connectivity index (χ1v) is 11.2. The Hall–Kier alpha value is -4.18. The van der Waals surface area contributed by atoms with Crippen molar-refractivity contribution < 1.29 is 4.79 Å². The minimum atomic E-state index is -0.422. The molecule has 0 atom stereocenters. The zero-order valence-electron chi connectivity index (χ0n) is 18.5. The standard InChI is InChI=1S/C29H25N3O/c1-2-32-26-16-10-9-15-24(26)25-19-21(17-18-27(25)32)20-30-31-29(33)28(22-11-5-3-6-12-22)23-13-7-4-8-14-23/h3-20,28H,2H2,1H3,(H,31,33). The highest BCUT2D eigenvalue weighted by Crippen LogP contribution is 2.29.